The number of rotatable bonds is 3. The van der Waals surface area contributed by atoms with E-state index in [4.69, 9.17) is 4.74 Å². The molecule has 0 radical (unpaired) electrons. The summed E-state index contributed by atoms with van der Waals surface area (Å²) in [6.45, 7) is 0.720. The molecule has 4 rings (SSSR count). The second kappa shape index (κ2) is 8.22. The van der Waals surface area contributed by atoms with Gasteiger partial charge in [0.25, 0.3) is 5.91 Å². The molecule has 0 spiro atoms. The zero-order valence-corrected chi connectivity index (χ0v) is 16.8. The molecule has 5 nitrogen and oxygen atoms in total. The van der Waals surface area contributed by atoms with Crippen molar-refractivity contribution in [2.75, 3.05) is 27.2 Å². The number of aliphatic hydroxyl groups excluding tert-OH is 1. The van der Waals surface area contributed by atoms with E-state index < -0.39 is 12.2 Å². The first-order valence-electron chi connectivity index (χ1n) is 10.1. The number of carbonyl (C=O) groups excluding carboxylic acids is 1. The van der Waals surface area contributed by atoms with E-state index in [-0.39, 0.29) is 30.4 Å². The third-order valence-electron chi connectivity index (χ3n) is 6.06. The van der Waals surface area contributed by atoms with Gasteiger partial charge in [-0.15, -0.1) is 0 Å². The minimum absolute atomic E-state index is 0.0763. The molecule has 154 valence electrons. The Hall–Kier alpha value is -2.28. The minimum Gasteiger partial charge on any atom is -0.389 e. The van der Waals surface area contributed by atoms with Crippen LogP contribution in [-0.2, 0) is 16.0 Å². The van der Waals surface area contributed by atoms with E-state index in [1.54, 1.807) is 12.1 Å². The highest BCUT2D eigenvalue weighted by atomic mass is 19.1. The molecule has 29 heavy (non-hydrogen) atoms. The van der Waals surface area contributed by atoms with Gasteiger partial charge in [0, 0.05) is 19.0 Å². The van der Waals surface area contributed by atoms with Crippen molar-refractivity contribution >= 4 is 5.91 Å². The number of halogens is 1. The number of nitrogens with zero attached hydrogens (tertiary/aromatic N) is 2. The van der Waals surface area contributed by atoms with Crippen molar-refractivity contribution in [3.63, 3.8) is 0 Å². The standard InChI is InChI=1S/C23H27FN2O3/c1-25(2)19-13-21(29-14-20(19)27)23(28)26-12-11-15-5-3-4-6-18(15)22(26)16-7-9-17(24)10-8-16/h3-10,19-22,27H,11-14H2,1-2H3/t19-,20+,21+,22-/m0/s1. The minimum atomic E-state index is -0.607. The fourth-order valence-corrected chi connectivity index (χ4v) is 4.49. The smallest absolute Gasteiger partial charge is 0.252 e. The molecule has 6 heteroatoms. The molecule has 0 aromatic heterocycles. The molecule has 1 fully saturated rings. The van der Waals surface area contributed by atoms with Crippen LogP contribution in [0, 0.1) is 5.82 Å². The number of carbonyl (C=O) groups is 1. The third kappa shape index (κ3) is 3.92. The van der Waals surface area contributed by atoms with Gasteiger partial charge in [0.05, 0.1) is 18.8 Å². The number of likely N-dealkylation sites (N-methyl/N-ethyl adjacent to an activating group) is 1. The summed E-state index contributed by atoms with van der Waals surface area (Å²) in [6.07, 6.45) is 0.0101. The maximum atomic E-state index is 13.5. The van der Waals surface area contributed by atoms with Crippen molar-refractivity contribution in [1.29, 1.82) is 0 Å². The largest absolute Gasteiger partial charge is 0.389 e. The monoisotopic (exact) mass is 398 g/mol. The van der Waals surface area contributed by atoms with Gasteiger partial charge in [-0.3, -0.25) is 4.79 Å². The lowest BCUT2D eigenvalue weighted by molar-refractivity contribution is -0.158. The number of hydrogen-bond donors (Lipinski definition) is 1. The highest BCUT2D eigenvalue weighted by molar-refractivity contribution is 5.82. The quantitative estimate of drug-likeness (QED) is 0.863. The van der Waals surface area contributed by atoms with Crippen LogP contribution in [0.4, 0.5) is 4.39 Å². The molecule has 2 aromatic carbocycles. The van der Waals surface area contributed by atoms with Crippen LogP contribution in [0.15, 0.2) is 48.5 Å². The summed E-state index contributed by atoms with van der Waals surface area (Å²) in [7, 11) is 3.80. The van der Waals surface area contributed by atoms with Crippen LogP contribution in [0.1, 0.15) is 29.2 Å². The normalized spacial score (nSPS) is 27.0. The first kappa shape index (κ1) is 20.0. The van der Waals surface area contributed by atoms with E-state index in [1.165, 1.54) is 17.7 Å². The summed E-state index contributed by atoms with van der Waals surface area (Å²) in [6, 6.07) is 14.1. The average molecular weight is 398 g/mol. The molecule has 0 saturated carbocycles. The highest BCUT2D eigenvalue weighted by Crippen LogP contribution is 2.36. The Balaban J connectivity index is 1.66. The number of benzene rings is 2. The number of amides is 1. The lowest BCUT2D eigenvalue weighted by Gasteiger charge is -2.42. The number of ether oxygens (including phenoxy) is 1. The molecular weight excluding hydrogens is 371 g/mol. The Morgan fingerprint density at radius 3 is 2.62 bits per heavy atom. The third-order valence-corrected chi connectivity index (χ3v) is 6.06. The van der Waals surface area contributed by atoms with Crippen molar-refractivity contribution < 1.29 is 19.0 Å². The molecule has 1 saturated heterocycles. The van der Waals surface area contributed by atoms with Crippen LogP contribution < -0.4 is 0 Å². The lowest BCUT2D eigenvalue weighted by Crippen LogP contribution is -2.54. The summed E-state index contributed by atoms with van der Waals surface area (Å²) in [5, 5.41) is 10.2. The average Bonchev–Trinajstić information content (AvgIpc) is 2.73. The molecule has 2 aliphatic heterocycles. The molecule has 4 atom stereocenters. The van der Waals surface area contributed by atoms with Crippen molar-refractivity contribution in [2.24, 2.45) is 0 Å². The van der Waals surface area contributed by atoms with Crippen molar-refractivity contribution in [2.45, 2.75) is 37.1 Å². The van der Waals surface area contributed by atoms with Gasteiger partial charge in [-0.05, 0) is 49.3 Å². The predicted octanol–water partition coefficient (Wildman–Crippen LogP) is 2.38. The molecule has 2 heterocycles. The molecular formula is C23H27FN2O3. The summed E-state index contributed by atoms with van der Waals surface area (Å²) in [4.78, 5) is 17.3. The molecule has 0 unspecified atom stereocenters. The van der Waals surface area contributed by atoms with E-state index in [2.05, 4.69) is 6.07 Å². The summed E-state index contributed by atoms with van der Waals surface area (Å²) in [5.41, 5.74) is 3.16. The lowest BCUT2D eigenvalue weighted by atomic mass is 9.87. The van der Waals surface area contributed by atoms with Gasteiger partial charge >= 0.3 is 0 Å². The van der Waals surface area contributed by atoms with Gasteiger partial charge in [-0.1, -0.05) is 36.4 Å². The van der Waals surface area contributed by atoms with Crippen molar-refractivity contribution in [3.8, 4) is 0 Å². The Morgan fingerprint density at radius 1 is 1.17 bits per heavy atom. The zero-order chi connectivity index (χ0) is 20.5. The van der Waals surface area contributed by atoms with Gasteiger partial charge in [0.15, 0.2) is 0 Å². The Kier molecular flexibility index (Phi) is 5.67. The Morgan fingerprint density at radius 2 is 1.90 bits per heavy atom. The predicted molar refractivity (Wildman–Crippen MR) is 108 cm³/mol. The maximum Gasteiger partial charge on any atom is 0.252 e. The van der Waals surface area contributed by atoms with E-state index in [0.29, 0.717) is 13.0 Å². The molecule has 2 aliphatic rings. The van der Waals surface area contributed by atoms with Crippen LogP contribution in [0.5, 0.6) is 0 Å². The van der Waals surface area contributed by atoms with Gasteiger partial charge in [0.1, 0.15) is 11.9 Å². The highest BCUT2D eigenvalue weighted by Gasteiger charge is 2.40. The summed E-state index contributed by atoms with van der Waals surface area (Å²) in [5.74, 6) is -0.373. The Bertz CT molecular complexity index is 871. The molecule has 1 amide bonds. The zero-order valence-electron chi connectivity index (χ0n) is 16.8. The van der Waals surface area contributed by atoms with E-state index in [0.717, 1.165) is 17.5 Å². The van der Waals surface area contributed by atoms with Crippen molar-refractivity contribution in [3.05, 3.63) is 71.0 Å². The van der Waals surface area contributed by atoms with Crippen LogP contribution in [0.25, 0.3) is 0 Å². The topological polar surface area (TPSA) is 53.0 Å². The second-order valence-electron chi connectivity index (χ2n) is 8.09. The number of hydrogen-bond acceptors (Lipinski definition) is 4. The number of aliphatic hydroxyl groups is 1. The Labute approximate surface area is 170 Å². The van der Waals surface area contributed by atoms with Crippen LogP contribution >= 0.6 is 0 Å². The first-order valence-corrected chi connectivity index (χ1v) is 10.1. The number of fused-ring (bicyclic) bond motifs is 1. The van der Waals surface area contributed by atoms with E-state index >= 15 is 0 Å². The van der Waals surface area contributed by atoms with Crippen LogP contribution in [-0.4, -0.2) is 66.3 Å². The van der Waals surface area contributed by atoms with Gasteiger partial charge in [0.2, 0.25) is 0 Å². The maximum absolute atomic E-state index is 13.5. The van der Waals surface area contributed by atoms with Gasteiger partial charge in [-0.2, -0.15) is 0 Å². The summed E-state index contributed by atoms with van der Waals surface area (Å²) >= 11 is 0. The molecule has 1 N–H and O–H groups in total. The molecule has 0 bridgehead atoms. The second-order valence-corrected chi connectivity index (χ2v) is 8.09. The fraction of sp³-hybridized carbons (Fsp3) is 0.435. The van der Waals surface area contributed by atoms with Crippen LogP contribution in [0.2, 0.25) is 0 Å². The van der Waals surface area contributed by atoms with Crippen LogP contribution in [0.3, 0.4) is 0 Å². The van der Waals surface area contributed by atoms with Gasteiger partial charge < -0.3 is 19.6 Å². The van der Waals surface area contributed by atoms with Gasteiger partial charge in [-0.25, -0.2) is 4.39 Å². The van der Waals surface area contributed by atoms with Crippen molar-refractivity contribution in [1.82, 2.24) is 9.80 Å². The SMILES string of the molecule is CN(C)[C@H]1C[C@H](C(=O)N2CCc3ccccc3[C@@H]2c2ccc(F)cc2)OC[C@H]1O. The van der Waals surface area contributed by atoms with E-state index in [9.17, 15) is 14.3 Å². The first-order chi connectivity index (χ1) is 14.0. The fourth-order valence-electron chi connectivity index (χ4n) is 4.49. The molecule has 0 aliphatic carbocycles. The summed E-state index contributed by atoms with van der Waals surface area (Å²) < 4.78 is 19.3. The molecule has 2 aromatic rings. The van der Waals surface area contributed by atoms with E-state index in [1.807, 2.05) is 42.1 Å².